The number of hydrogen-bond donors (Lipinski definition) is 1. The Morgan fingerprint density at radius 1 is 1.28 bits per heavy atom. The van der Waals surface area contributed by atoms with Gasteiger partial charge in [0.1, 0.15) is 11.6 Å². The SMILES string of the molecule is NC(CCc1cccs1)c1cc(F)c(Cl)cc1F. The number of benzene rings is 1. The molecule has 0 aliphatic heterocycles. The molecule has 0 radical (unpaired) electrons. The van der Waals surface area contributed by atoms with Gasteiger partial charge < -0.3 is 5.73 Å². The van der Waals surface area contributed by atoms with Gasteiger partial charge in [-0.05, 0) is 36.4 Å². The van der Waals surface area contributed by atoms with Crippen LogP contribution in [0, 0.1) is 11.6 Å². The summed E-state index contributed by atoms with van der Waals surface area (Å²) in [6, 6.07) is 5.47. The number of nitrogens with two attached hydrogens (primary N) is 1. The molecule has 0 fully saturated rings. The minimum Gasteiger partial charge on any atom is -0.324 e. The van der Waals surface area contributed by atoms with Gasteiger partial charge in [0.2, 0.25) is 0 Å². The predicted octanol–water partition coefficient (Wildman–Crippen LogP) is 4.31. The normalized spacial score (nSPS) is 12.7. The molecule has 2 aromatic rings. The monoisotopic (exact) mass is 287 g/mol. The second kappa shape index (κ2) is 5.78. The summed E-state index contributed by atoms with van der Waals surface area (Å²) in [6.07, 6.45) is 1.32. The van der Waals surface area contributed by atoms with Gasteiger partial charge in [0.15, 0.2) is 0 Å². The fourth-order valence-electron chi connectivity index (χ4n) is 1.73. The molecule has 1 unspecified atom stereocenters. The van der Waals surface area contributed by atoms with Crippen molar-refractivity contribution in [2.24, 2.45) is 5.73 Å². The molecule has 96 valence electrons. The summed E-state index contributed by atoms with van der Waals surface area (Å²) in [4.78, 5) is 1.18. The van der Waals surface area contributed by atoms with Crippen LogP contribution in [0.15, 0.2) is 29.6 Å². The molecule has 0 saturated carbocycles. The van der Waals surface area contributed by atoms with Crippen molar-refractivity contribution in [3.63, 3.8) is 0 Å². The van der Waals surface area contributed by atoms with E-state index in [9.17, 15) is 8.78 Å². The molecule has 0 saturated heterocycles. The Kier molecular flexibility index (Phi) is 4.32. The summed E-state index contributed by atoms with van der Waals surface area (Å²) < 4.78 is 26.9. The maximum atomic E-state index is 13.6. The van der Waals surface area contributed by atoms with Crippen LogP contribution in [0.25, 0.3) is 0 Å². The van der Waals surface area contributed by atoms with Crippen LogP contribution in [0.2, 0.25) is 5.02 Å². The molecule has 1 atom stereocenters. The summed E-state index contributed by atoms with van der Waals surface area (Å²) in [5, 5.41) is 1.75. The van der Waals surface area contributed by atoms with Gasteiger partial charge in [-0.2, -0.15) is 0 Å². The van der Waals surface area contributed by atoms with E-state index < -0.39 is 17.7 Å². The van der Waals surface area contributed by atoms with Crippen LogP contribution in [0.1, 0.15) is 22.9 Å². The lowest BCUT2D eigenvalue weighted by Gasteiger charge is -2.13. The highest BCUT2D eigenvalue weighted by molar-refractivity contribution is 7.09. The van der Waals surface area contributed by atoms with Crippen LogP contribution in [0.5, 0.6) is 0 Å². The van der Waals surface area contributed by atoms with Gasteiger partial charge in [-0.3, -0.25) is 0 Å². The minimum absolute atomic E-state index is 0.174. The van der Waals surface area contributed by atoms with Crippen LogP contribution >= 0.6 is 22.9 Å². The highest BCUT2D eigenvalue weighted by atomic mass is 35.5. The standard InChI is InChI=1S/C13H12ClF2NS/c14-10-7-11(15)9(6-12(10)16)13(17)4-3-8-2-1-5-18-8/h1-2,5-7,13H,3-4,17H2. The second-order valence-electron chi connectivity index (χ2n) is 4.01. The Bertz CT molecular complexity index is 528. The van der Waals surface area contributed by atoms with Crippen molar-refractivity contribution in [3.8, 4) is 0 Å². The number of thiophene rings is 1. The molecule has 1 aromatic carbocycles. The van der Waals surface area contributed by atoms with Crippen LogP contribution in [0.4, 0.5) is 8.78 Å². The minimum atomic E-state index is -0.639. The van der Waals surface area contributed by atoms with Crippen LogP contribution in [-0.4, -0.2) is 0 Å². The Morgan fingerprint density at radius 3 is 2.72 bits per heavy atom. The Hall–Kier alpha value is -0.970. The van der Waals surface area contributed by atoms with Crippen LogP contribution in [-0.2, 0) is 6.42 Å². The lowest BCUT2D eigenvalue weighted by atomic mass is 10.0. The molecule has 1 nitrogen and oxygen atoms in total. The zero-order valence-corrected chi connectivity index (χ0v) is 11.1. The van der Waals surface area contributed by atoms with Crippen LogP contribution < -0.4 is 5.73 Å². The predicted molar refractivity (Wildman–Crippen MR) is 70.9 cm³/mol. The first-order valence-corrected chi connectivity index (χ1v) is 6.76. The summed E-state index contributed by atoms with van der Waals surface area (Å²) in [5.74, 6) is -1.19. The smallest absolute Gasteiger partial charge is 0.142 e. The molecule has 1 heterocycles. The van der Waals surface area contributed by atoms with Gasteiger partial charge in [0.25, 0.3) is 0 Å². The number of aryl methyl sites for hydroxylation is 1. The zero-order valence-electron chi connectivity index (χ0n) is 9.50. The van der Waals surface area contributed by atoms with E-state index in [1.165, 1.54) is 4.88 Å². The first kappa shape index (κ1) is 13.5. The Morgan fingerprint density at radius 2 is 2.06 bits per heavy atom. The molecule has 18 heavy (non-hydrogen) atoms. The van der Waals surface area contributed by atoms with Crippen molar-refractivity contribution in [1.82, 2.24) is 0 Å². The van der Waals surface area contributed by atoms with Crippen molar-refractivity contribution in [2.75, 3.05) is 0 Å². The molecular weight excluding hydrogens is 276 g/mol. The molecule has 1 aromatic heterocycles. The maximum absolute atomic E-state index is 13.6. The molecule has 0 aliphatic carbocycles. The third-order valence-corrected chi connectivity index (χ3v) is 3.95. The average molecular weight is 288 g/mol. The van der Waals surface area contributed by atoms with E-state index in [2.05, 4.69) is 0 Å². The third kappa shape index (κ3) is 3.07. The van der Waals surface area contributed by atoms with Gasteiger partial charge in [-0.25, -0.2) is 8.78 Å². The van der Waals surface area contributed by atoms with Gasteiger partial charge in [-0.15, -0.1) is 11.3 Å². The second-order valence-corrected chi connectivity index (χ2v) is 5.45. The summed E-state index contributed by atoms with van der Waals surface area (Å²) in [6.45, 7) is 0. The molecule has 0 aliphatic rings. The van der Waals surface area contributed by atoms with Gasteiger partial charge >= 0.3 is 0 Å². The van der Waals surface area contributed by atoms with Gasteiger partial charge in [-0.1, -0.05) is 17.7 Å². The molecule has 0 bridgehead atoms. The molecular formula is C13H12ClF2NS. The maximum Gasteiger partial charge on any atom is 0.142 e. The molecule has 2 N–H and O–H groups in total. The molecule has 5 heteroatoms. The van der Waals surface area contributed by atoms with E-state index in [1.54, 1.807) is 11.3 Å². The highest BCUT2D eigenvalue weighted by Crippen LogP contribution is 2.25. The van der Waals surface area contributed by atoms with Crippen molar-refractivity contribution in [2.45, 2.75) is 18.9 Å². The van der Waals surface area contributed by atoms with Gasteiger partial charge in [0, 0.05) is 16.5 Å². The van der Waals surface area contributed by atoms with E-state index >= 15 is 0 Å². The fraction of sp³-hybridized carbons (Fsp3) is 0.231. The first-order chi connectivity index (χ1) is 8.58. The average Bonchev–Trinajstić information content (AvgIpc) is 2.84. The topological polar surface area (TPSA) is 26.0 Å². The molecule has 2 rings (SSSR count). The van der Waals surface area contributed by atoms with E-state index in [-0.39, 0.29) is 10.6 Å². The largest absolute Gasteiger partial charge is 0.324 e. The third-order valence-electron chi connectivity index (χ3n) is 2.72. The van der Waals surface area contributed by atoms with E-state index in [0.717, 1.165) is 18.6 Å². The van der Waals surface area contributed by atoms with Crippen molar-refractivity contribution < 1.29 is 8.78 Å². The molecule has 0 amide bonds. The van der Waals surface area contributed by atoms with E-state index in [4.69, 9.17) is 17.3 Å². The van der Waals surface area contributed by atoms with E-state index in [0.29, 0.717) is 6.42 Å². The van der Waals surface area contributed by atoms with Crippen molar-refractivity contribution >= 4 is 22.9 Å². The lowest BCUT2D eigenvalue weighted by molar-refractivity contribution is 0.549. The fourth-order valence-corrected chi connectivity index (χ4v) is 2.61. The highest BCUT2D eigenvalue weighted by Gasteiger charge is 2.15. The van der Waals surface area contributed by atoms with Crippen molar-refractivity contribution in [3.05, 3.63) is 56.7 Å². The number of halogens is 3. The number of rotatable bonds is 4. The lowest BCUT2D eigenvalue weighted by Crippen LogP contribution is -2.13. The summed E-state index contributed by atoms with van der Waals surface area (Å²) in [7, 11) is 0. The Labute approximate surface area is 113 Å². The molecule has 0 spiro atoms. The summed E-state index contributed by atoms with van der Waals surface area (Å²) >= 11 is 7.12. The number of hydrogen-bond acceptors (Lipinski definition) is 2. The van der Waals surface area contributed by atoms with Crippen LogP contribution in [0.3, 0.4) is 0 Å². The van der Waals surface area contributed by atoms with E-state index in [1.807, 2.05) is 17.5 Å². The first-order valence-electron chi connectivity index (χ1n) is 5.50. The Balaban J connectivity index is 2.09. The quantitative estimate of drug-likeness (QED) is 0.833. The van der Waals surface area contributed by atoms with Gasteiger partial charge in [0.05, 0.1) is 5.02 Å². The zero-order chi connectivity index (χ0) is 13.1. The summed E-state index contributed by atoms with van der Waals surface area (Å²) in [5.41, 5.74) is 6.06. The van der Waals surface area contributed by atoms with Crippen molar-refractivity contribution in [1.29, 1.82) is 0 Å².